The van der Waals surface area contributed by atoms with Gasteiger partial charge in [-0.1, -0.05) is 12.1 Å². The second-order valence-electron chi connectivity index (χ2n) is 7.71. The standard InChI is InChI=1S/C23H36N6O2.HI/c1-4-24-23(25-11-5-6-19-16-27-28(2)18-19)26-17-22(29-12-14-31-15-13-29)20-7-9-21(30-3)10-8-20;/h7-10,16,18,22H,4-6,11-15,17H2,1-3H3,(H2,24,25,26);1H. The molecule has 0 radical (unpaired) electrons. The number of hydrogen-bond donors (Lipinski definition) is 2. The summed E-state index contributed by atoms with van der Waals surface area (Å²) >= 11 is 0. The minimum atomic E-state index is 0. The van der Waals surface area contributed by atoms with Crippen molar-refractivity contribution in [2.45, 2.75) is 25.8 Å². The van der Waals surface area contributed by atoms with E-state index in [9.17, 15) is 0 Å². The fourth-order valence-corrected chi connectivity index (χ4v) is 3.77. The predicted molar refractivity (Wildman–Crippen MR) is 139 cm³/mol. The number of halogens is 1. The Bertz CT molecular complexity index is 805. The van der Waals surface area contributed by atoms with Gasteiger partial charge in [-0.3, -0.25) is 14.6 Å². The Hall–Kier alpha value is -1.85. The van der Waals surface area contributed by atoms with Crippen molar-refractivity contribution in [1.82, 2.24) is 25.3 Å². The zero-order chi connectivity index (χ0) is 21.9. The molecule has 0 bridgehead atoms. The molecule has 2 heterocycles. The van der Waals surface area contributed by atoms with Crippen LogP contribution in [0.1, 0.15) is 30.5 Å². The Kier molecular flexibility index (Phi) is 11.8. The number of aromatic nitrogens is 2. The van der Waals surface area contributed by atoms with E-state index in [1.165, 1.54) is 11.1 Å². The van der Waals surface area contributed by atoms with Gasteiger partial charge >= 0.3 is 0 Å². The number of guanidine groups is 1. The van der Waals surface area contributed by atoms with E-state index in [1.807, 2.05) is 30.1 Å². The molecule has 0 amide bonds. The maximum Gasteiger partial charge on any atom is 0.191 e. The number of ether oxygens (including phenoxy) is 2. The summed E-state index contributed by atoms with van der Waals surface area (Å²) in [5, 5.41) is 11.1. The summed E-state index contributed by atoms with van der Waals surface area (Å²) < 4.78 is 12.7. The first-order valence-electron chi connectivity index (χ1n) is 11.1. The van der Waals surface area contributed by atoms with E-state index in [2.05, 4.69) is 45.9 Å². The molecular formula is C23H37IN6O2. The molecule has 1 aromatic carbocycles. The number of aryl methyl sites for hydroxylation is 2. The van der Waals surface area contributed by atoms with E-state index in [-0.39, 0.29) is 30.0 Å². The molecule has 1 unspecified atom stereocenters. The number of aliphatic imine (C=N–C) groups is 1. The number of nitrogens with one attached hydrogen (secondary N) is 2. The summed E-state index contributed by atoms with van der Waals surface area (Å²) in [4.78, 5) is 7.38. The van der Waals surface area contributed by atoms with Gasteiger partial charge in [0.2, 0.25) is 0 Å². The molecule has 1 fully saturated rings. The van der Waals surface area contributed by atoms with Crippen molar-refractivity contribution in [3.8, 4) is 5.75 Å². The molecule has 8 nitrogen and oxygen atoms in total. The molecule has 2 N–H and O–H groups in total. The molecule has 178 valence electrons. The normalized spacial score (nSPS) is 15.7. The number of hydrogen-bond acceptors (Lipinski definition) is 5. The Balaban J connectivity index is 0.00000363. The highest BCUT2D eigenvalue weighted by Gasteiger charge is 2.22. The molecule has 0 aliphatic carbocycles. The van der Waals surface area contributed by atoms with Crippen LogP contribution in [0.5, 0.6) is 5.75 Å². The average Bonchev–Trinajstić information content (AvgIpc) is 3.22. The minimum Gasteiger partial charge on any atom is -0.497 e. The number of rotatable bonds is 10. The van der Waals surface area contributed by atoms with Gasteiger partial charge in [0.25, 0.3) is 0 Å². The van der Waals surface area contributed by atoms with Crippen molar-refractivity contribution in [3.05, 3.63) is 47.8 Å². The molecule has 3 rings (SSSR count). The summed E-state index contributed by atoms with van der Waals surface area (Å²) in [5.74, 6) is 1.73. The number of nitrogens with zero attached hydrogens (tertiary/aromatic N) is 4. The van der Waals surface area contributed by atoms with Crippen LogP contribution in [0.4, 0.5) is 0 Å². The number of morpholine rings is 1. The maximum atomic E-state index is 5.56. The monoisotopic (exact) mass is 556 g/mol. The van der Waals surface area contributed by atoms with Gasteiger partial charge in [-0.2, -0.15) is 5.10 Å². The van der Waals surface area contributed by atoms with Gasteiger partial charge in [-0.25, -0.2) is 0 Å². The van der Waals surface area contributed by atoms with Gasteiger partial charge in [0, 0.05) is 39.4 Å². The maximum absolute atomic E-state index is 5.56. The van der Waals surface area contributed by atoms with Crippen LogP contribution in [0.15, 0.2) is 41.7 Å². The summed E-state index contributed by atoms with van der Waals surface area (Å²) in [7, 11) is 3.65. The van der Waals surface area contributed by atoms with E-state index in [0.717, 1.165) is 63.9 Å². The topological polar surface area (TPSA) is 75.9 Å². The zero-order valence-corrected chi connectivity index (χ0v) is 21.7. The second-order valence-corrected chi connectivity index (χ2v) is 7.71. The van der Waals surface area contributed by atoms with E-state index >= 15 is 0 Å². The molecule has 0 saturated carbocycles. The Morgan fingerprint density at radius 1 is 1.22 bits per heavy atom. The van der Waals surface area contributed by atoms with Crippen LogP contribution in [-0.2, 0) is 18.2 Å². The fourth-order valence-electron chi connectivity index (χ4n) is 3.77. The molecule has 2 aromatic rings. The molecule has 1 aliphatic heterocycles. The van der Waals surface area contributed by atoms with E-state index < -0.39 is 0 Å². The van der Waals surface area contributed by atoms with Crippen LogP contribution < -0.4 is 15.4 Å². The number of methoxy groups -OCH3 is 1. The largest absolute Gasteiger partial charge is 0.497 e. The lowest BCUT2D eigenvalue weighted by molar-refractivity contribution is 0.0179. The lowest BCUT2D eigenvalue weighted by Gasteiger charge is -2.34. The second kappa shape index (κ2) is 14.3. The summed E-state index contributed by atoms with van der Waals surface area (Å²) in [6.45, 7) is 7.85. The molecule has 1 aliphatic rings. The van der Waals surface area contributed by atoms with Gasteiger partial charge in [-0.05, 0) is 43.0 Å². The van der Waals surface area contributed by atoms with Crippen molar-refractivity contribution in [2.24, 2.45) is 12.0 Å². The summed E-state index contributed by atoms with van der Waals surface area (Å²) in [6, 6.07) is 8.54. The third-order valence-corrected chi connectivity index (χ3v) is 5.45. The van der Waals surface area contributed by atoms with Gasteiger partial charge < -0.3 is 20.1 Å². The average molecular weight is 556 g/mol. The van der Waals surface area contributed by atoms with Crippen molar-refractivity contribution in [1.29, 1.82) is 0 Å². The minimum absolute atomic E-state index is 0. The van der Waals surface area contributed by atoms with Gasteiger partial charge in [-0.15, -0.1) is 24.0 Å². The Labute approximate surface area is 208 Å². The first-order chi connectivity index (χ1) is 15.2. The molecule has 1 saturated heterocycles. The Morgan fingerprint density at radius 2 is 1.97 bits per heavy atom. The van der Waals surface area contributed by atoms with Gasteiger partial charge in [0.15, 0.2) is 5.96 Å². The molecule has 1 aromatic heterocycles. The van der Waals surface area contributed by atoms with Crippen molar-refractivity contribution >= 4 is 29.9 Å². The number of benzene rings is 1. The SMILES string of the molecule is CCNC(=NCC(c1ccc(OC)cc1)N1CCOCC1)NCCCc1cnn(C)c1.I. The smallest absolute Gasteiger partial charge is 0.191 e. The highest BCUT2D eigenvalue weighted by atomic mass is 127. The van der Waals surface area contributed by atoms with Crippen molar-refractivity contribution in [2.75, 3.05) is 53.0 Å². The van der Waals surface area contributed by atoms with Crippen molar-refractivity contribution in [3.63, 3.8) is 0 Å². The van der Waals surface area contributed by atoms with Gasteiger partial charge in [0.1, 0.15) is 5.75 Å². The molecular weight excluding hydrogens is 519 g/mol. The third kappa shape index (κ3) is 8.25. The molecule has 0 spiro atoms. The third-order valence-electron chi connectivity index (χ3n) is 5.45. The molecule has 32 heavy (non-hydrogen) atoms. The van der Waals surface area contributed by atoms with Crippen LogP contribution in [0.3, 0.4) is 0 Å². The van der Waals surface area contributed by atoms with Crippen molar-refractivity contribution < 1.29 is 9.47 Å². The van der Waals surface area contributed by atoms with E-state index in [4.69, 9.17) is 14.5 Å². The zero-order valence-electron chi connectivity index (χ0n) is 19.4. The summed E-state index contributed by atoms with van der Waals surface area (Å²) in [6.07, 6.45) is 6.03. The van der Waals surface area contributed by atoms with E-state index in [0.29, 0.717) is 6.54 Å². The lowest BCUT2D eigenvalue weighted by Crippen LogP contribution is -2.42. The van der Waals surface area contributed by atoms with Gasteiger partial charge in [0.05, 0.1) is 39.1 Å². The first kappa shape index (κ1) is 26.4. The van der Waals surface area contributed by atoms with Crippen LogP contribution in [0, 0.1) is 0 Å². The van der Waals surface area contributed by atoms with Crippen LogP contribution in [0.2, 0.25) is 0 Å². The van der Waals surface area contributed by atoms with E-state index in [1.54, 1.807) is 7.11 Å². The lowest BCUT2D eigenvalue weighted by atomic mass is 10.0. The molecule has 9 heteroatoms. The Morgan fingerprint density at radius 3 is 2.59 bits per heavy atom. The quantitative estimate of drug-likeness (QED) is 0.203. The first-order valence-corrected chi connectivity index (χ1v) is 11.1. The predicted octanol–water partition coefficient (Wildman–Crippen LogP) is 2.61. The molecule has 1 atom stereocenters. The van der Waals surface area contributed by atoms with Crippen LogP contribution in [0.25, 0.3) is 0 Å². The van der Waals surface area contributed by atoms with Crippen LogP contribution in [-0.4, -0.2) is 73.7 Å². The highest BCUT2D eigenvalue weighted by molar-refractivity contribution is 14.0. The highest BCUT2D eigenvalue weighted by Crippen LogP contribution is 2.24. The fraction of sp³-hybridized carbons (Fsp3) is 0.565. The van der Waals surface area contributed by atoms with Crippen LogP contribution >= 0.6 is 24.0 Å². The summed E-state index contributed by atoms with van der Waals surface area (Å²) in [5.41, 5.74) is 2.51.